The van der Waals surface area contributed by atoms with E-state index >= 15 is 0 Å². The van der Waals surface area contributed by atoms with Gasteiger partial charge in [0.1, 0.15) is 5.56 Å². The molecule has 0 aromatic heterocycles. The van der Waals surface area contributed by atoms with Gasteiger partial charge in [-0.2, -0.15) is 0 Å². The van der Waals surface area contributed by atoms with E-state index in [4.69, 9.17) is 5.11 Å². The molecule has 7 heteroatoms. The van der Waals surface area contributed by atoms with E-state index in [0.717, 1.165) is 12.8 Å². The Kier molecular flexibility index (Phi) is 4.64. The first-order chi connectivity index (χ1) is 9.99. The van der Waals surface area contributed by atoms with Crippen molar-refractivity contribution in [3.05, 3.63) is 23.8 Å². The second-order valence-corrected chi connectivity index (χ2v) is 5.06. The third-order valence-corrected chi connectivity index (χ3v) is 3.56. The Balaban J connectivity index is 2.02. The zero-order valence-electron chi connectivity index (χ0n) is 11.4. The first-order valence-electron chi connectivity index (χ1n) is 6.80. The van der Waals surface area contributed by atoms with E-state index in [-0.39, 0.29) is 17.3 Å². The summed E-state index contributed by atoms with van der Waals surface area (Å²) in [4.78, 5) is 22.8. The second kappa shape index (κ2) is 6.45. The first-order valence-corrected chi connectivity index (χ1v) is 6.80. The molecule has 2 rings (SSSR count). The Morgan fingerprint density at radius 3 is 2.57 bits per heavy atom. The zero-order chi connectivity index (χ0) is 15.4. The number of hydrogen-bond donors (Lipinski definition) is 5. The fourth-order valence-corrected chi connectivity index (χ4v) is 2.42. The van der Waals surface area contributed by atoms with E-state index in [1.165, 1.54) is 18.2 Å². The maximum atomic E-state index is 11.9. The van der Waals surface area contributed by atoms with Gasteiger partial charge < -0.3 is 26.0 Å². The molecule has 114 valence electrons. The number of carboxylic acids is 1. The minimum Gasteiger partial charge on any atom is -0.505 e. The van der Waals surface area contributed by atoms with Crippen LogP contribution in [0, 0.1) is 0 Å². The van der Waals surface area contributed by atoms with Crippen LogP contribution in [0.2, 0.25) is 0 Å². The maximum Gasteiger partial charge on any atom is 0.339 e. The number of aliphatic hydroxyl groups is 1. The van der Waals surface area contributed by atoms with Crippen LogP contribution in [0.1, 0.15) is 36.0 Å². The minimum atomic E-state index is -1.28. The second-order valence-electron chi connectivity index (χ2n) is 5.06. The summed E-state index contributed by atoms with van der Waals surface area (Å²) >= 11 is 0. The molecule has 2 atom stereocenters. The van der Waals surface area contributed by atoms with Crippen molar-refractivity contribution in [2.45, 2.75) is 37.8 Å². The molecule has 0 spiro atoms. The number of carboxylic acid groups (broad SMARTS) is 1. The van der Waals surface area contributed by atoms with Gasteiger partial charge in [0.15, 0.2) is 5.75 Å². The number of phenols is 1. The lowest BCUT2D eigenvalue weighted by molar-refractivity contribution is 0.0693. The molecule has 1 aliphatic rings. The maximum absolute atomic E-state index is 11.9. The number of rotatable bonds is 3. The normalized spacial score (nSPS) is 21.6. The van der Waals surface area contributed by atoms with Crippen LogP contribution in [-0.4, -0.2) is 39.5 Å². The van der Waals surface area contributed by atoms with E-state index in [1.807, 2.05) is 0 Å². The van der Waals surface area contributed by atoms with Crippen molar-refractivity contribution in [3.8, 4) is 5.75 Å². The average molecular weight is 294 g/mol. The fourth-order valence-electron chi connectivity index (χ4n) is 2.42. The van der Waals surface area contributed by atoms with E-state index < -0.39 is 23.9 Å². The van der Waals surface area contributed by atoms with Gasteiger partial charge in [-0.15, -0.1) is 0 Å². The number of aliphatic hydroxyl groups excluding tert-OH is 1. The summed E-state index contributed by atoms with van der Waals surface area (Å²) in [7, 11) is 0. The summed E-state index contributed by atoms with van der Waals surface area (Å²) in [6.45, 7) is 0. The topological polar surface area (TPSA) is 119 Å². The molecule has 0 heterocycles. The monoisotopic (exact) mass is 294 g/mol. The molecule has 7 nitrogen and oxygen atoms in total. The number of urea groups is 1. The van der Waals surface area contributed by atoms with Gasteiger partial charge >= 0.3 is 12.0 Å². The first kappa shape index (κ1) is 15.1. The lowest BCUT2D eigenvalue weighted by Crippen LogP contribution is -2.46. The molecule has 1 saturated carbocycles. The summed E-state index contributed by atoms with van der Waals surface area (Å²) in [5.41, 5.74) is -0.275. The van der Waals surface area contributed by atoms with Crippen LogP contribution in [0.3, 0.4) is 0 Å². The molecule has 21 heavy (non-hydrogen) atoms. The minimum absolute atomic E-state index is 0.0118. The van der Waals surface area contributed by atoms with E-state index in [1.54, 1.807) is 0 Å². The number of benzene rings is 1. The summed E-state index contributed by atoms with van der Waals surface area (Å²) in [5.74, 6) is -1.77. The highest BCUT2D eigenvalue weighted by Crippen LogP contribution is 2.27. The van der Waals surface area contributed by atoms with Gasteiger partial charge in [-0.1, -0.05) is 18.9 Å². The standard InChI is InChI=1S/C14H18N2O5/c17-11-7-2-1-5-9(11)15-14(21)16-10-6-3-4-8(12(10)18)13(19)20/h3-4,6,9,11,17-18H,1-2,5,7H2,(H,19,20)(H2,15,16,21). The SMILES string of the molecule is O=C(Nc1cccc(C(=O)O)c1O)NC1CCCCC1O. The van der Waals surface area contributed by atoms with Crippen molar-refractivity contribution >= 4 is 17.7 Å². The molecule has 2 amide bonds. The van der Waals surface area contributed by atoms with Gasteiger partial charge in [-0.25, -0.2) is 9.59 Å². The number of carbonyl (C=O) groups is 2. The van der Waals surface area contributed by atoms with Crippen molar-refractivity contribution < 1.29 is 24.9 Å². The predicted octanol–water partition coefficient (Wildman–Crippen LogP) is 1.52. The molecule has 0 saturated heterocycles. The number of aromatic carboxylic acids is 1. The van der Waals surface area contributed by atoms with E-state index in [9.17, 15) is 19.8 Å². The van der Waals surface area contributed by atoms with Gasteiger partial charge in [0.05, 0.1) is 17.8 Å². The zero-order valence-corrected chi connectivity index (χ0v) is 11.4. The number of amides is 2. The lowest BCUT2D eigenvalue weighted by atomic mass is 9.93. The Labute approximate surface area is 121 Å². The highest BCUT2D eigenvalue weighted by atomic mass is 16.4. The van der Waals surface area contributed by atoms with Crippen LogP contribution >= 0.6 is 0 Å². The Morgan fingerprint density at radius 2 is 1.90 bits per heavy atom. The summed E-state index contributed by atoms with van der Waals surface area (Å²) in [6, 6.07) is 3.15. The molecule has 0 radical (unpaired) electrons. The molecule has 0 bridgehead atoms. The Bertz CT molecular complexity index is 546. The van der Waals surface area contributed by atoms with Crippen molar-refractivity contribution in [3.63, 3.8) is 0 Å². The summed E-state index contributed by atoms with van der Waals surface area (Å²) in [6.07, 6.45) is 2.62. The smallest absolute Gasteiger partial charge is 0.339 e. The molecular weight excluding hydrogens is 276 g/mol. The van der Waals surface area contributed by atoms with Crippen LogP contribution in [0.4, 0.5) is 10.5 Å². The average Bonchev–Trinajstić information content (AvgIpc) is 2.43. The van der Waals surface area contributed by atoms with Crippen molar-refractivity contribution in [2.75, 3.05) is 5.32 Å². The van der Waals surface area contributed by atoms with Crippen molar-refractivity contribution in [1.82, 2.24) is 5.32 Å². The van der Waals surface area contributed by atoms with Crippen LogP contribution in [0.5, 0.6) is 5.75 Å². The van der Waals surface area contributed by atoms with Crippen LogP contribution < -0.4 is 10.6 Å². The third kappa shape index (κ3) is 3.63. The molecule has 1 aromatic carbocycles. The van der Waals surface area contributed by atoms with Gasteiger partial charge in [0.25, 0.3) is 0 Å². The van der Waals surface area contributed by atoms with Crippen molar-refractivity contribution in [2.24, 2.45) is 0 Å². The van der Waals surface area contributed by atoms with E-state index in [0.29, 0.717) is 12.8 Å². The number of para-hydroxylation sites is 1. The number of nitrogens with one attached hydrogen (secondary N) is 2. The molecule has 1 aromatic rings. The number of carbonyl (C=O) groups excluding carboxylic acids is 1. The van der Waals surface area contributed by atoms with Crippen molar-refractivity contribution in [1.29, 1.82) is 0 Å². The van der Waals surface area contributed by atoms with Crippen LogP contribution in [-0.2, 0) is 0 Å². The molecule has 1 aliphatic carbocycles. The number of anilines is 1. The van der Waals surface area contributed by atoms with Crippen LogP contribution in [0.15, 0.2) is 18.2 Å². The van der Waals surface area contributed by atoms with Crippen LogP contribution in [0.25, 0.3) is 0 Å². The fraction of sp³-hybridized carbons (Fsp3) is 0.429. The van der Waals surface area contributed by atoms with Gasteiger partial charge in [0, 0.05) is 0 Å². The molecule has 0 aliphatic heterocycles. The number of aromatic hydroxyl groups is 1. The summed E-state index contributed by atoms with van der Waals surface area (Å²) < 4.78 is 0. The van der Waals surface area contributed by atoms with Gasteiger partial charge in [-0.05, 0) is 25.0 Å². The van der Waals surface area contributed by atoms with Gasteiger partial charge in [0.2, 0.25) is 0 Å². The Morgan fingerprint density at radius 1 is 1.19 bits per heavy atom. The molecular formula is C14H18N2O5. The van der Waals surface area contributed by atoms with Gasteiger partial charge in [-0.3, -0.25) is 0 Å². The lowest BCUT2D eigenvalue weighted by Gasteiger charge is -2.28. The quantitative estimate of drug-likeness (QED) is 0.541. The Hall–Kier alpha value is -2.28. The summed E-state index contributed by atoms with van der Waals surface area (Å²) in [5, 5.41) is 33.5. The highest BCUT2D eigenvalue weighted by Gasteiger charge is 2.25. The van der Waals surface area contributed by atoms with E-state index in [2.05, 4.69) is 10.6 Å². The predicted molar refractivity (Wildman–Crippen MR) is 75.5 cm³/mol. The number of hydrogen-bond acceptors (Lipinski definition) is 4. The molecule has 1 fully saturated rings. The largest absolute Gasteiger partial charge is 0.505 e. The third-order valence-electron chi connectivity index (χ3n) is 3.56. The molecule has 5 N–H and O–H groups in total. The molecule has 2 unspecified atom stereocenters. The highest BCUT2D eigenvalue weighted by molar-refractivity contribution is 5.97.